The van der Waals surface area contributed by atoms with E-state index >= 15 is 0 Å². The molecule has 1 aromatic heterocycles. The lowest BCUT2D eigenvalue weighted by molar-refractivity contribution is 0.326. The summed E-state index contributed by atoms with van der Waals surface area (Å²) in [6, 6.07) is 12.2. The van der Waals surface area contributed by atoms with E-state index in [-0.39, 0.29) is 5.82 Å². The van der Waals surface area contributed by atoms with E-state index < -0.39 is 0 Å². The number of nitrogens with zero attached hydrogens (tertiary/aromatic N) is 3. The van der Waals surface area contributed by atoms with Gasteiger partial charge in [-0.1, -0.05) is 42.6 Å². The molecule has 0 aliphatic heterocycles. The van der Waals surface area contributed by atoms with Crippen molar-refractivity contribution in [2.24, 2.45) is 0 Å². The van der Waals surface area contributed by atoms with E-state index in [4.69, 9.17) is 9.47 Å². The average Bonchev–Trinajstić information content (AvgIpc) is 3.10. The van der Waals surface area contributed by atoms with Gasteiger partial charge in [0.25, 0.3) is 0 Å². The fourth-order valence-corrected chi connectivity index (χ4v) is 3.52. The first kappa shape index (κ1) is 20.7. The predicted molar refractivity (Wildman–Crippen MR) is 112 cm³/mol. The molecular weight excluding hydrogens is 391 g/mol. The summed E-state index contributed by atoms with van der Waals surface area (Å²) in [5.41, 5.74) is 5.38. The summed E-state index contributed by atoms with van der Waals surface area (Å²) in [5.74, 6) is 2.52. The summed E-state index contributed by atoms with van der Waals surface area (Å²) in [4.78, 5) is 0. The molecule has 1 heterocycles. The second-order valence-corrected chi connectivity index (χ2v) is 7.14. The van der Waals surface area contributed by atoms with Gasteiger partial charge in [0.1, 0.15) is 18.2 Å². The number of benzene rings is 2. The topological polar surface area (TPSA) is 61.2 Å². The number of ether oxygens (including phenoxy) is 2. The van der Waals surface area contributed by atoms with Crippen LogP contribution >= 0.6 is 11.8 Å². The molecule has 0 aliphatic rings. The smallest absolute Gasteiger partial charge is 0.210 e. The summed E-state index contributed by atoms with van der Waals surface area (Å²) in [7, 11) is 1.61. The number of hydrogen-bond donors (Lipinski definition) is 1. The minimum atomic E-state index is -0.240. The van der Waals surface area contributed by atoms with Crippen LogP contribution < -0.4 is 14.9 Å². The predicted octanol–water partition coefficient (Wildman–Crippen LogP) is 4.34. The third-order valence-corrected chi connectivity index (χ3v) is 5.10. The van der Waals surface area contributed by atoms with Crippen molar-refractivity contribution in [2.75, 3.05) is 19.1 Å². The molecule has 3 aromatic rings. The van der Waals surface area contributed by atoms with E-state index in [2.05, 4.69) is 22.2 Å². The number of hydrogen-bond acceptors (Lipinski definition) is 6. The van der Waals surface area contributed by atoms with Crippen LogP contribution in [0, 0.1) is 12.7 Å². The standard InChI is InChI=1S/C21H23FN4O2S/c1-4-11-28-19-10-7-17(12-20(19)27-3)13-23-26-15(2)24-25-21(26)29-14-16-5-8-18(22)9-6-16/h4-10,12,23H,1,11,13-14H2,2-3H3. The summed E-state index contributed by atoms with van der Waals surface area (Å²) in [6.07, 6.45) is 1.69. The van der Waals surface area contributed by atoms with Gasteiger partial charge in [-0.05, 0) is 42.3 Å². The van der Waals surface area contributed by atoms with Gasteiger partial charge in [0.2, 0.25) is 5.16 Å². The molecule has 0 amide bonds. The van der Waals surface area contributed by atoms with Crippen LogP contribution in [0.25, 0.3) is 0 Å². The molecule has 0 unspecified atom stereocenters. The largest absolute Gasteiger partial charge is 0.493 e. The molecule has 8 heteroatoms. The minimum Gasteiger partial charge on any atom is -0.493 e. The molecule has 2 aromatic carbocycles. The molecule has 0 saturated heterocycles. The second-order valence-electron chi connectivity index (χ2n) is 6.20. The maximum absolute atomic E-state index is 13.1. The van der Waals surface area contributed by atoms with Crippen LogP contribution in [0.3, 0.4) is 0 Å². The zero-order valence-electron chi connectivity index (χ0n) is 16.4. The van der Waals surface area contributed by atoms with E-state index in [1.54, 1.807) is 25.3 Å². The van der Waals surface area contributed by atoms with E-state index in [1.807, 2.05) is 29.8 Å². The number of thioether (sulfide) groups is 1. The van der Waals surface area contributed by atoms with E-state index in [0.717, 1.165) is 22.1 Å². The highest BCUT2D eigenvalue weighted by atomic mass is 32.2. The fraction of sp³-hybridized carbons (Fsp3) is 0.238. The quantitative estimate of drug-likeness (QED) is 0.393. The highest BCUT2D eigenvalue weighted by Gasteiger charge is 2.11. The van der Waals surface area contributed by atoms with Crippen LogP contribution in [0.2, 0.25) is 0 Å². The summed E-state index contributed by atoms with van der Waals surface area (Å²) < 4.78 is 25.9. The third kappa shape index (κ3) is 5.51. The summed E-state index contributed by atoms with van der Waals surface area (Å²) >= 11 is 1.53. The zero-order valence-corrected chi connectivity index (χ0v) is 17.2. The van der Waals surface area contributed by atoms with Crippen molar-refractivity contribution in [1.82, 2.24) is 14.9 Å². The Hall–Kier alpha value is -3.00. The third-order valence-electron chi connectivity index (χ3n) is 4.10. The molecule has 0 fully saturated rings. The lowest BCUT2D eigenvalue weighted by Crippen LogP contribution is -2.17. The molecule has 0 atom stereocenters. The highest BCUT2D eigenvalue weighted by Crippen LogP contribution is 2.28. The van der Waals surface area contributed by atoms with Gasteiger partial charge in [-0.2, -0.15) is 0 Å². The maximum Gasteiger partial charge on any atom is 0.210 e. The van der Waals surface area contributed by atoms with Crippen LogP contribution in [0.1, 0.15) is 17.0 Å². The molecule has 0 bridgehead atoms. The van der Waals surface area contributed by atoms with Crippen LogP contribution in [-0.4, -0.2) is 28.6 Å². The first-order valence-corrected chi connectivity index (χ1v) is 10.0. The Morgan fingerprint density at radius 3 is 2.62 bits per heavy atom. The number of methoxy groups -OCH3 is 1. The molecule has 152 valence electrons. The van der Waals surface area contributed by atoms with Crippen LogP contribution in [0.5, 0.6) is 11.5 Å². The number of rotatable bonds is 10. The minimum absolute atomic E-state index is 0.240. The van der Waals surface area contributed by atoms with E-state index in [1.165, 1.54) is 23.9 Å². The van der Waals surface area contributed by atoms with Crippen molar-refractivity contribution in [3.05, 3.63) is 77.9 Å². The van der Waals surface area contributed by atoms with Crippen molar-refractivity contribution in [3.63, 3.8) is 0 Å². The Labute approximate surface area is 173 Å². The van der Waals surface area contributed by atoms with Gasteiger partial charge in [0, 0.05) is 5.75 Å². The van der Waals surface area contributed by atoms with Crippen LogP contribution in [0.15, 0.2) is 60.3 Å². The molecule has 0 spiro atoms. The number of aryl methyl sites for hydroxylation is 1. The first-order chi connectivity index (χ1) is 14.1. The lowest BCUT2D eigenvalue weighted by atomic mass is 10.2. The lowest BCUT2D eigenvalue weighted by Gasteiger charge is -2.14. The Morgan fingerprint density at radius 2 is 1.90 bits per heavy atom. The van der Waals surface area contributed by atoms with E-state index in [0.29, 0.717) is 30.4 Å². The van der Waals surface area contributed by atoms with E-state index in [9.17, 15) is 4.39 Å². The van der Waals surface area contributed by atoms with Crippen molar-refractivity contribution >= 4 is 11.8 Å². The fourth-order valence-electron chi connectivity index (χ4n) is 2.61. The Bertz CT molecular complexity index is 960. The zero-order chi connectivity index (χ0) is 20.6. The molecule has 6 nitrogen and oxygen atoms in total. The van der Waals surface area contributed by atoms with Crippen molar-refractivity contribution in [3.8, 4) is 11.5 Å². The Balaban J connectivity index is 1.65. The number of halogens is 1. The summed E-state index contributed by atoms with van der Waals surface area (Å²) in [6.45, 7) is 6.51. The summed E-state index contributed by atoms with van der Waals surface area (Å²) in [5, 5.41) is 9.12. The molecule has 3 rings (SSSR count). The average molecular weight is 415 g/mol. The molecule has 0 radical (unpaired) electrons. The van der Waals surface area contributed by atoms with Crippen LogP contribution in [0.4, 0.5) is 4.39 Å². The van der Waals surface area contributed by atoms with Crippen molar-refractivity contribution < 1.29 is 13.9 Å². The Kier molecular flexibility index (Phi) is 7.13. The van der Waals surface area contributed by atoms with Gasteiger partial charge in [-0.15, -0.1) is 10.2 Å². The monoisotopic (exact) mass is 414 g/mol. The van der Waals surface area contributed by atoms with Gasteiger partial charge in [0.05, 0.1) is 13.7 Å². The van der Waals surface area contributed by atoms with Gasteiger partial charge in [0.15, 0.2) is 11.5 Å². The molecule has 1 N–H and O–H groups in total. The first-order valence-electron chi connectivity index (χ1n) is 9.04. The maximum atomic E-state index is 13.1. The SMILES string of the molecule is C=CCOc1ccc(CNn2c(C)nnc2SCc2ccc(F)cc2)cc1OC. The van der Waals surface area contributed by atoms with Gasteiger partial charge in [-0.3, -0.25) is 0 Å². The van der Waals surface area contributed by atoms with Crippen LogP contribution in [-0.2, 0) is 12.3 Å². The molecule has 0 saturated carbocycles. The normalized spacial score (nSPS) is 10.6. The highest BCUT2D eigenvalue weighted by molar-refractivity contribution is 7.98. The van der Waals surface area contributed by atoms with Gasteiger partial charge < -0.3 is 14.9 Å². The van der Waals surface area contributed by atoms with Crippen molar-refractivity contribution in [1.29, 1.82) is 0 Å². The molecule has 0 aliphatic carbocycles. The van der Waals surface area contributed by atoms with Crippen molar-refractivity contribution in [2.45, 2.75) is 24.4 Å². The number of nitrogens with one attached hydrogen (secondary N) is 1. The number of aromatic nitrogens is 3. The molecular formula is C21H23FN4O2S. The molecule has 29 heavy (non-hydrogen) atoms. The second kappa shape index (κ2) is 9.97. The van der Waals surface area contributed by atoms with Gasteiger partial charge in [-0.25, -0.2) is 9.07 Å². The Morgan fingerprint density at radius 1 is 1.14 bits per heavy atom. The van der Waals surface area contributed by atoms with Gasteiger partial charge >= 0.3 is 0 Å².